The number of carbonyl (C=O) groups excluding carboxylic acids is 1. The molecule has 1 aromatic carbocycles. The summed E-state index contributed by atoms with van der Waals surface area (Å²) in [6.07, 6.45) is 2.00. The number of benzene rings is 1. The lowest BCUT2D eigenvalue weighted by atomic mass is 9.96. The third-order valence-electron chi connectivity index (χ3n) is 5.13. The molecule has 0 aliphatic carbocycles. The molecule has 2 aliphatic heterocycles. The average molecular weight is 377 g/mol. The number of para-hydroxylation sites is 1. The summed E-state index contributed by atoms with van der Waals surface area (Å²) in [6.45, 7) is 6.86. The van der Waals surface area contributed by atoms with Crippen molar-refractivity contribution in [2.45, 2.75) is 38.9 Å². The van der Waals surface area contributed by atoms with Gasteiger partial charge >= 0.3 is 0 Å². The van der Waals surface area contributed by atoms with Gasteiger partial charge in [-0.3, -0.25) is 4.79 Å². The van der Waals surface area contributed by atoms with E-state index >= 15 is 0 Å². The smallest absolute Gasteiger partial charge is 0.227 e. The van der Waals surface area contributed by atoms with Crippen LogP contribution in [0.15, 0.2) is 18.2 Å². The molecule has 3 unspecified atom stereocenters. The summed E-state index contributed by atoms with van der Waals surface area (Å²) in [5, 5.41) is 0.811. The van der Waals surface area contributed by atoms with Crippen molar-refractivity contribution in [1.82, 2.24) is 9.88 Å². The summed E-state index contributed by atoms with van der Waals surface area (Å²) in [7, 11) is 0. The van der Waals surface area contributed by atoms with Gasteiger partial charge in [0.05, 0.1) is 22.8 Å². The Morgan fingerprint density at radius 2 is 2.04 bits per heavy atom. The normalized spacial score (nSPS) is 27.1. The number of halogens is 1. The van der Waals surface area contributed by atoms with Crippen molar-refractivity contribution in [2.75, 3.05) is 31.1 Å². The summed E-state index contributed by atoms with van der Waals surface area (Å²) in [5.74, 6) is -0.104. The van der Waals surface area contributed by atoms with E-state index in [9.17, 15) is 9.18 Å². The minimum Gasteiger partial charge on any atom is -0.372 e. The Kier molecular flexibility index (Phi) is 4.84. The standard InChI is InChI=1S/C19H24FN3O2S/c1-12-9-23(10-13(2)25-12)18(24)14-5-4-8-22(11-14)19-21-17-15(20)6-3-7-16(17)26-19/h3,6-7,12-14H,4-5,8-11H2,1-2H3. The number of carbonyl (C=O) groups is 1. The van der Waals surface area contributed by atoms with Crippen LogP contribution in [0.1, 0.15) is 26.7 Å². The molecule has 140 valence electrons. The topological polar surface area (TPSA) is 45.7 Å². The summed E-state index contributed by atoms with van der Waals surface area (Å²) < 4.78 is 20.5. The van der Waals surface area contributed by atoms with E-state index in [1.807, 2.05) is 24.8 Å². The lowest BCUT2D eigenvalue weighted by molar-refractivity contribution is -0.147. The zero-order chi connectivity index (χ0) is 18.3. The van der Waals surface area contributed by atoms with E-state index < -0.39 is 0 Å². The summed E-state index contributed by atoms with van der Waals surface area (Å²) in [4.78, 5) is 21.6. The molecular formula is C19H24FN3O2S. The number of hydrogen-bond donors (Lipinski definition) is 0. The minimum atomic E-state index is -0.286. The van der Waals surface area contributed by atoms with Crippen LogP contribution in [-0.2, 0) is 9.53 Å². The van der Waals surface area contributed by atoms with Gasteiger partial charge in [0.15, 0.2) is 5.13 Å². The molecule has 0 bridgehead atoms. The predicted molar refractivity (Wildman–Crippen MR) is 101 cm³/mol. The third-order valence-corrected chi connectivity index (χ3v) is 6.21. The van der Waals surface area contributed by atoms with Gasteiger partial charge < -0.3 is 14.5 Å². The maximum Gasteiger partial charge on any atom is 0.227 e. The molecule has 0 radical (unpaired) electrons. The molecule has 2 fully saturated rings. The van der Waals surface area contributed by atoms with Gasteiger partial charge in [-0.05, 0) is 38.8 Å². The SMILES string of the molecule is CC1CN(C(=O)C2CCCN(c3nc4c(F)cccc4s3)C2)CC(C)O1. The minimum absolute atomic E-state index is 0.0295. The first kappa shape index (κ1) is 17.7. The number of fused-ring (bicyclic) bond motifs is 1. The fourth-order valence-corrected chi connectivity index (χ4v) is 5.02. The van der Waals surface area contributed by atoms with E-state index in [0.29, 0.717) is 25.2 Å². The molecule has 5 nitrogen and oxygen atoms in total. The highest BCUT2D eigenvalue weighted by Gasteiger charge is 2.33. The number of piperidine rings is 1. The molecule has 0 N–H and O–H groups in total. The molecule has 3 atom stereocenters. The number of morpholine rings is 1. The largest absolute Gasteiger partial charge is 0.372 e. The molecule has 0 saturated carbocycles. The number of nitrogens with zero attached hydrogens (tertiary/aromatic N) is 3. The Labute approximate surface area is 156 Å². The summed E-state index contributed by atoms with van der Waals surface area (Å²) in [6, 6.07) is 5.04. The number of anilines is 1. The van der Waals surface area contributed by atoms with Gasteiger partial charge in [-0.15, -0.1) is 0 Å². The molecule has 2 aromatic rings. The highest BCUT2D eigenvalue weighted by molar-refractivity contribution is 7.22. The maximum atomic E-state index is 13.9. The molecule has 2 aliphatic rings. The van der Waals surface area contributed by atoms with Crippen LogP contribution in [0.25, 0.3) is 10.2 Å². The van der Waals surface area contributed by atoms with E-state index in [1.165, 1.54) is 17.4 Å². The van der Waals surface area contributed by atoms with Crippen LogP contribution in [0.3, 0.4) is 0 Å². The third kappa shape index (κ3) is 3.42. The van der Waals surface area contributed by atoms with Crippen molar-refractivity contribution in [3.63, 3.8) is 0 Å². The second-order valence-electron chi connectivity index (χ2n) is 7.37. The molecule has 1 aromatic heterocycles. The van der Waals surface area contributed by atoms with E-state index in [-0.39, 0.29) is 29.9 Å². The van der Waals surface area contributed by atoms with Gasteiger partial charge in [-0.2, -0.15) is 0 Å². The van der Waals surface area contributed by atoms with Crippen molar-refractivity contribution in [3.8, 4) is 0 Å². The van der Waals surface area contributed by atoms with Crippen LogP contribution >= 0.6 is 11.3 Å². The number of amides is 1. The first-order chi connectivity index (χ1) is 12.5. The lowest BCUT2D eigenvalue weighted by Crippen LogP contribution is -2.52. The second-order valence-corrected chi connectivity index (χ2v) is 8.38. The molecule has 1 amide bonds. The number of hydrogen-bond acceptors (Lipinski definition) is 5. The van der Waals surface area contributed by atoms with Crippen LogP contribution in [0, 0.1) is 11.7 Å². The van der Waals surface area contributed by atoms with Gasteiger partial charge in [-0.25, -0.2) is 9.37 Å². The Balaban J connectivity index is 1.49. The van der Waals surface area contributed by atoms with Gasteiger partial charge in [0.25, 0.3) is 0 Å². The van der Waals surface area contributed by atoms with Crippen LogP contribution in [0.2, 0.25) is 0 Å². The molecule has 3 heterocycles. The molecule has 4 rings (SSSR count). The Morgan fingerprint density at radius 1 is 1.27 bits per heavy atom. The quantitative estimate of drug-likeness (QED) is 0.806. The fraction of sp³-hybridized carbons (Fsp3) is 0.579. The Bertz CT molecular complexity index is 801. The van der Waals surface area contributed by atoms with Crippen LogP contribution in [0.4, 0.5) is 9.52 Å². The van der Waals surface area contributed by atoms with Gasteiger partial charge in [-0.1, -0.05) is 17.4 Å². The van der Waals surface area contributed by atoms with Crippen molar-refractivity contribution < 1.29 is 13.9 Å². The first-order valence-corrected chi connectivity index (χ1v) is 10.1. The van der Waals surface area contributed by atoms with Crippen LogP contribution in [-0.4, -0.2) is 54.2 Å². The highest BCUT2D eigenvalue weighted by atomic mass is 32.1. The van der Waals surface area contributed by atoms with Gasteiger partial charge in [0, 0.05) is 26.2 Å². The maximum absolute atomic E-state index is 13.9. The van der Waals surface area contributed by atoms with Crippen molar-refractivity contribution in [1.29, 1.82) is 0 Å². The summed E-state index contributed by atoms with van der Waals surface area (Å²) in [5.41, 5.74) is 0.428. The number of rotatable bonds is 2. The van der Waals surface area contributed by atoms with Crippen molar-refractivity contribution in [3.05, 3.63) is 24.0 Å². The monoisotopic (exact) mass is 377 g/mol. The van der Waals surface area contributed by atoms with E-state index in [1.54, 1.807) is 6.07 Å². The zero-order valence-corrected chi connectivity index (χ0v) is 16.0. The van der Waals surface area contributed by atoms with Gasteiger partial charge in [0.1, 0.15) is 11.3 Å². The molecule has 7 heteroatoms. The van der Waals surface area contributed by atoms with E-state index in [4.69, 9.17) is 4.74 Å². The average Bonchev–Trinajstić information content (AvgIpc) is 3.06. The molecule has 2 saturated heterocycles. The zero-order valence-electron chi connectivity index (χ0n) is 15.2. The molecule has 26 heavy (non-hydrogen) atoms. The summed E-state index contributed by atoms with van der Waals surface area (Å²) >= 11 is 1.50. The fourth-order valence-electron chi connectivity index (χ4n) is 4.01. The predicted octanol–water partition coefficient (Wildman–Crippen LogP) is 3.29. The Hall–Kier alpha value is -1.73. The van der Waals surface area contributed by atoms with Crippen LogP contribution < -0.4 is 4.90 Å². The molecule has 0 spiro atoms. The van der Waals surface area contributed by atoms with E-state index in [0.717, 1.165) is 29.2 Å². The number of ether oxygens (including phenoxy) is 1. The van der Waals surface area contributed by atoms with Gasteiger partial charge in [0.2, 0.25) is 5.91 Å². The number of aromatic nitrogens is 1. The molecular weight excluding hydrogens is 353 g/mol. The highest BCUT2D eigenvalue weighted by Crippen LogP contribution is 2.33. The first-order valence-electron chi connectivity index (χ1n) is 9.25. The lowest BCUT2D eigenvalue weighted by Gasteiger charge is -2.39. The number of thiazole rings is 1. The van der Waals surface area contributed by atoms with Crippen molar-refractivity contribution >= 4 is 32.6 Å². The van der Waals surface area contributed by atoms with Crippen LogP contribution in [0.5, 0.6) is 0 Å². The second kappa shape index (κ2) is 7.12. The van der Waals surface area contributed by atoms with Crippen molar-refractivity contribution in [2.24, 2.45) is 5.92 Å². The Morgan fingerprint density at radius 3 is 2.77 bits per heavy atom. The van der Waals surface area contributed by atoms with E-state index in [2.05, 4.69) is 9.88 Å².